The highest BCUT2D eigenvalue weighted by molar-refractivity contribution is 6.02. The van der Waals surface area contributed by atoms with Crippen LogP contribution in [0, 0.1) is 0 Å². The molecule has 28 heavy (non-hydrogen) atoms. The zero-order valence-electron chi connectivity index (χ0n) is 15.5. The molecule has 0 N–H and O–H groups in total. The van der Waals surface area contributed by atoms with Gasteiger partial charge in [0.2, 0.25) is 0 Å². The van der Waals surface area contributed by atoms with E-state index in [9.17, 15) is 0 Å². The number of para-hydroxylation sites is 1. The van der Waals surface area contributed by atoms with Crippen molar-refractivity contribution in [3.63, 3.8) is 0 Å². The normalized spacial score (nSPS) is 11.5. The van der Waals surface area contributed by atoms with Crippen molar-refractivity contribution in [1.82, 2.24) is 24.7 Å². The first-order valence-corrected chi connectivity index (χ1v) is 9.42. The molecule has 0 aliphatic heterocycles. The Morgan fingerprint density at radius 1 is 1.04 bits per heavy atom. The van der Waals surface area contributed by atoms with E-state index in [4.69, 9.17) is 9.51 Å². The van der Waals surface area contributed by atoms with E-state index in [1.165, 1.54) is 0 Å². The van der Waals surface area contributed by atoms with Gasteiger partial charge in [-0.3, -0.25) is 9.97 Å². The van der Waals surface area contributed by atoms with Gasteiger partial charge in [0.05, 0.1) is 23.8 Å². The number of fused-ring (bicyclic) bond motifs is 3. The van der Waals surface area contributed by atoms with E-state index in [2.05, 4.69) is 32.7 Å². The molecule has 0 atom stereocenters. The van der Waals surface area contributed by atoms with Crippen LogP contribution in [0.5, 0.6) is 0 Å². The first-order chi connectivity index (χ1) is 13.8. The summed E-state index contributed by atoms with van der Waals surface area (Å²) in [5, 5.41) is 5.39. The maximum absolute atomic E-state index is 5.56. The van der Waals surface area contributed by atoms with Crippen molar-refractivity contribution < 1.29 is 4.52 Å². The molecule has 4 heterocycles. The lowest BCUT2D eigenvalue weighted by Crippen LogP contribution is -2.05. The van der Waals surface area contributed by atoms with Crippen LogP contribution >= 0.6 is 0 Å². The number of aromatic nitrogens is 5. The summed E-state index contributed by atoms with van der Waals surface area (Å²) in [5.41, 5.74) is 4.75. The summed E-state index contributed by atoms with van der Waals surface area (Å²) in [7, 11) is 0. The molecular weight excluding hydrogens is 350 g/mol. The number of benzene rings is 1. The monoisotopic (exact) mass is 369 g/mol. The van der Waals surface area contributed by atoms with Crippen LogP contribution in [0.3, 0.4) is 0 Å². The Morgan fingerprint density at radius 3 is 2.82 bits per heavy atom. The lowest BCUT2D eigenvalue weighted by molar-refractivity contribution is 0.421. The summed E-state index contributed by atoms with van der Waals surface area (Å²) >= 11 is 0. The fourth-order valence-corrected chi connectivity index (χ4v) is 3.59. The predicted octanol–water partition coefficient (Wildman–Crippen LogP) is 4.64. The van der Waals surface area contributed by atoms with E-state index in [0.29, 0.717) is 6.54 Å². The molecule has 4 aromatic heterocycles. The summed E-state index contributed by atoms with van der Waals surface area (Å²) in [5.74, 6) is 1.76. The van der Waals surface area contributed by atoms with Gasteiger partial charge < -0.3 is 9.09 Å². The Balaban J connectivity index is 1.62. The average molecular weight is 369 g/mol. The molecule has 5 aromatic rings. The van der Waals surface area contributed by atoms with Crippen molar-refractivity contribution in [2.75, 3.05) is 0 Å². The standard InChI is InChI=1S/C22H19N5O/c1-2-6-21-25-19-13-24-18-9-4-3-8-17(18)22(19)27(21)14-16-11-20(28-26-16)15-7-5-10-23-12-15/h3-5,7-13H,2,6,14H2,1H3. The van der Waals surface area contributed by atoms with Crippen LogP contribution in [0.25, 0.3) is 33.3 Å². The minimum absolute atomic E-state index is 0.601. The molecule has 0 fully saturated rings. The topological polar surface area (TPSA) is 69.6 Å². The molecule has 0 aliphatic rings. The van der Waals surface area contributed by atoms with E-state index in [1.54, 1.807) is 12.4 Å². The van der Waals surface area contributed by atoms with Crippen LogP contribution in [0.2, 0.25) is 0 Å². The summed E-state index contributed by atoms with van der Waals surface area (Å²) in [6.45, 7) is 2.76. The van der Waals surface area contributed by atoms with E-state index in [-0.39, 0.29) is 0 Å². The number of imidazole rings is 1. The first-order valence-electron chi connectivity index (χ1n) is 9.42. The fourth-order valence-electron chi connectivity index (χ4n) is 3.59. The molecule has 1 aromatic carbocycles. The predicted molar refractivity (Wildman–Crippen MR) is 108 cm³/mol. The molecule has 0 aliphatic carbocycles. The van der Waals surface area contributed by atoms with Crippen molar-refractivity contribution >= 4 is 21.9 Å². The van der Waals surface area contributed by atoms with Crippen molar-refractivity contribution in [3.05, 3.63) is 72.6 Å². The Bertz CT molecular complexity index is 1260. The Morgan fingerprint density at radius 2 is 1.96 bits per heavy atom. The maximum Gasteiger partial charge on any atom is 0.168 e. The molecule has 0 unspecified atom stereocenters. The van der Waals surface area contributed by atoms with E-state index in [1.807, 2.05) is 42.6 Å². The third-order valence-corrected chi connectivity index (χ3v) is 4.86. The van der Waals surface area contributed by atoms with Crippen molar-refractivity contribution in [3.8, 4) is 11.3 Å². The van der Waals surface area contributed by atoms with Gasteiger partial charge in [0.15, 0.2) is 5.76 Å². The Labute approximate surface area is 161 Å². The van der Waals surface area contributed by atoms with Crippen LogP contribution in [-0.4, -0.2) is 24.7 Å². The zero-order valence-corrected chi connectivity index (χ0v) is 15.5. The highest BCUT2D eigenvalue weighted by atomic mass is 16.5. The van der Waals surface area contributed by atoms with E-state index >= 15 is 0 Å². The molecule has 0 spiro atoms. The lowest BCUT2D eigenvalue weighted by Gasteiger charge is -2.08. The van der Waals surface area contributed by atoms with Crippen LogP contribution in [0.1, 0.15) is 24.9 Å². The quantitative estimate of drug-likeness (QED) is 0.451. The highest BCUT2D eigenvalue weighted by Gasteiger charge is 2.16. The number of nitrogens with zero attached hydrogens (tertiary/aromatic N) is 5. The SMILES string of the molecule is CCCc1nc2cnc3ccccc3c2n1Cc1cc(-c2cccnc2)on1. The van der Waals surface area contributed by atoms with Crippen molar-refractivity contribution in [2.45, 2.75) is 26.3 Å². The summed E-state index contributed by atoms with van der Waals surface area (Å²) in [4.78, 5) is 13.6. The number of hydrogen-bond donors (Lipinski definition) is 0. The smallest absolute Gasteiger partial charge is 0.168 e. The molecule has 138 valence electrons. The number of aryl methyl sites for hydroxylation is 1. The van der Waals surface area contributed by atoms with Crippen LogP contribution in [0.4, 0.5) is 0 Å². The van der Waals surface area contributed by atoms with Gasteiger partial charge >= 0.3 is 0 Å². The number of hydrogen-bond acceptors (Lipinski definition) is 5. The van der Waals surface area contributed by atoms with Gasteiger partial charge in [-0.05, 0) is 24.6 Å². The molecular formula is C22H19N5O. The molecule has 0 amide bonds. The Hall–Kier alpha value is -3.54. The summed E-state index contributed by atoms with van der Waals surface area (Å²) in [6.07, 6.45) is 7.30. The molecule has 5 rings (SSSR count). The minimum Gasteiger partial charge on any atom is -0.356 e. The second-order valence-corrected chi connectivity index (χ2v) is 6.80. The van der Waals surface area contributed by atoms with Gasteiger partial charge in [0.25, 0.3) is 0 Å². The average Bonchev–Trinajstić information content (AvgIpc) is 3.35. The van der Waals surface area contributed by atoms with Crippen LogP contribution < -0.4 is 0 Å². The molecule has 0 radical (unpaired) electrons. The number of pyridine rings is 2. The third kappa shape index (κ3) is 2.83. The fraction of sp³-hybridized carbons (Fsp3) is 0.182. The first kappa shape index (κ1) is 16.6. The van der Waals surface area contributed by atoms with Gasteiger partial charge in [-0.1, -0.05) is 30.3 Å². The summed E-state index contributed by atoms with van der Waals surface area (Å²) in [6, 6.07) is 14.0. The molecule has 6 heteroatoms. The second kappa shape index (κ2) is 6.88. The van der Waals surface area contributed by atoms with Gasteiger partial charge in [-0.15, -0.1) is 0 Å². The highest BCUT2D eigenvalue weighted by Crippen LogP contribution is 2.27. The van der Waals surface area contributed by atoms with Crippen molar-refractivity contribution in [2.24, 2.45) is 0 Å². The lowest BCUT2D eigenvalue weighted by atomic mass is 10.2. The van der Waals surface area contributed by atoms with Crippen LogP contribution in [0.15, 0.2) is 65.6 Å². The second-order valence-electron chi connectivity index (χ2n) is 6.80. The molecule has 0 bridgehead atoms. The van der Waals surface area contributed by atoms with E-state index in [0.717, 1.165) is 57.6 Å². The molecule has 0 saturated heterocycles. The largest absolute Gasteiger partial charge is 0.356 e. The Kier molecular flexibility index (Phi) is 4.09. The van der Waals surface area contributed by atoms with Gasteiger partial charge in [-0.2, -0.15) is 0 Å². The third-order valence-electron chi connectivity index (χ3n) is 4.86. The maximum atomic E-state index is 5.56. The molecule has 6 nitrogen and oxygen atoms in total. The van der Waals surface area contributed by atoms with Gasteiger partial charge in [0.1, 0.15) is 17.0 Å². The zero-order chi connectivity index (χ0) is 18.9. The minimum atomic E-state index is 0.601. The molecule has 0 saturated carbocycles. The van der Waals surface area contributed by atoms with Crippen molar-refractivity contribution in [1.29, 1.82) is 0 Å². The van der Waals surface area contributed by atoms with Gasteiger partial charge in [-0.25, -0.2) is 4.98 Å². The van der Waals surface area contributed by atoms with E-state index < -0.39 is 0 Å². The van der Waals surface area contributed by atoms with Gasteiger partial charge in [0, 0.05) is 35.8 Å². The summed E-state index contributed by atoms with van der Waals surface area (Å²) < 4.78 is 7.81. The number of rotatable bonds is 5. The van der Waals surface area contributed by atoms with Crippen LogP contribution in [-0.2, 0) is 13.0 Å².